The highest BCUT2D eigenvalue weighted by atomic mass is 16.3. The summed E-state index contributed by atoms with van der Waals surface area (Å²) in [5.74, 6) is 0.341. The lowest BCUT2D eigenvalue weighted by molar-refractivity contribution is 0.172. The molecule has 0 rings (SSSR count). The van der Waals surface area contributed by atoms with Gasteiger partial charge in [-0.25, -0.2) is 0 Å². The number of allylic oxidation sites excluding steroid dienone is 1. The van der Waals surface area contributed by atoms with Gasteiger partial charge in [0.25, 0.3) is 0 Å². The number of rotatable bonds is 5. The van der Waals surface area contributed by atoms with Gasteiger partial charge in [0, 0.05) is 0 Å². The zero-order valence-corrected chi connectivity index (χ0v) is 7.88. The fourth-order valence-corrected chi connectivity index (χ4v) is 0.780. The predicted molar refractivity (Wildman–Crippen MR) is 49.5 cm³/mol. The molecule has 1 nitrogen and oxygen atoms in total. The molecule has 0 fully saturated rings. The van der Waals surface area contributed by atoms with E-state index >= 15 is 0 Å². The summed E-state index contributed by atoms with van der Waals surface area (Å²) in [7, 11) is 0. The fourth-order valence-electron chi connectivity index (χ4n) is 0.780. The first-order valence-corrected chi connectivity index (χ1v) is 4.53. The minimum absolute atomic E-state index is 0.258. The molecule has 1 N–H and O–H groups in total. The van der Waals surface area contributed by atoms with Crippen molar-refractivity contribution in [2.45, 2.75) is 46.1 Å². The van der Waals surface area contributed by atoms with Crippen molar-refractivity contribution in [3.63, 3.8) is 0 Å². The van der Waals surface area contributed by atoms with E-state index in [0.717, 1.165) is 6.42 Å². The molecule has 1 heteroatoms. The second-order valence-electron chi connectivity index (χ2n) is 3.30. The van der Waals surface area contributed by atoms with Crippen LogP contribution in [0.25, 0.3) is 0 Å². The van der Waals surface area contributed by atoms with Crippen LogP contribution >= 0.6 is 0 Å². The van der Waals surface area contributed by atoms with Gasteiger partial charge in [0.05, 0.1) is 6.10 Å². The maximum atomic E-state index is 9.34. The zero-order chi connectivity index (χ0) is 8.69. The van der Waals surface area contributed by atoms with E-state index in [1.807, 2.05) is 19.9 Å². The highest BCUT2D eigenvalue weighted by Crippen LogP contribution is 2.03. The molecule has 0 aliphatic carbocycles. The Balaban J connectivity index is 3.40. The van der Waals surface area contributed by atoms with Crippen LogP contribution in [-0.2, 0) is 0 Å². The molecule has 0 aliphatic heterocycles. The third kappa shape index (κ3) is 6.11. The molecule has 0 aromatic heterocycles. The molecular weight excluding hydrogens is 136 g/mol. The quantitative estimate of drug-likeness (QED) is 0.479. The Labute approximate surface area is 70.1 Å². The maximum Gasteiger partial charge on any atom is 0.0743 e. The van der Waals surface area contributed by atoms with E-state index in [1.54, 1.807) is 0 Å². The van der Waals surface area contributed by atoms with Gasteiger partial charge in [-0.05, 0) is 12.3 Å². The topological polar surface area (TPSA) is 20.2 Å². The van der Waals surface area contributed by atoms with Crippen molar-refractivity contribution in [1.29, 1.82) is 0 Å². The molecule has 11 heavy (non-hydrogen) atoms. The number of unbranched alkanes of at least 4 members (excludes halogenated alkanes) is 2. The van der Waals surface area contributed by atoms with E-state index in [-0.39, 0.29) is 6.10 Å². The number of hydrogen-bond acceptors (Lipinski definition) is 1. The molecule has 0 heterocycles. The van der Waals surface area contributed by atoms with Crippen LogP contribution in [0.5, 0.6) is 0 Å². The van der Waals surface area contributed by atoms with Gasteiger partial charge in [-0.1, -0.05) is 45.8 Å². The number of aliphatic hydroxyl groups excluding tert-OH is 1. The normalized spacial score (nSPS) is 14.6. The first-order chi connectivity index (χ1) is 5.18. The molecule has 0 saturated heterocycles. The van der Waals surface area contributed by atoms with Gasteiger partial charge < -0.3 is 5.11 Å². The molecular formula is C10H20O. The van der Waals surface area contributed by atoms with E-state index in [9.17, 15) is 5.11 Å². The average Bonchev–Trinajstić information content (AvgIpc) is 1.97. The van der Waals surface area contributed by atoms with Crippen molar-refractivity contribution in [3.8, 4) is 0 Å². The lowest BCUT2D eigenvalue weighted by atomic mass is 10.1. The SMILES string of the molecule is CCCC/C=C\[C@H](O)C(C)C. The average molecular weight is 156 g/mol. The number of aliphatic hydroxyl groups is 1. The minimum atomic E-state index is -0.258. The summed E-state index contributed by atoms with van der Waals surface area (Å²) in [6.07, 6.45) is 7.27. The van der Waals surface area contributed by atoms with Crippen molar-refractivity contribution < 1.29 is 5.11 Å². The van der Waals surface area contributed by atoms with Crippen molar-refractivity contribution in [1.82, 2.24) is 0 Å². The molecule has 0 aromatic rings. The Morgan fingerprint density at radius 3 is 2.45 bits per heavy atom. The van der Waals surface area contributed by atoms with Gasteiger partial charge in [0.15, 0.2) is 0 Å². The zero-order valence-electron chi connectivity index (χ0n) is 7.88. The Hall–Kier alpha value is -0.300. The van der Waals surface area contributed by atoms with E-state index < -0.39 is 0 Å². The summed E-state index contributed by atoms with van der Waals surface area (Å²) in [6, 6.07) is 0. The Kier molecular flexibility index (Phi) is 6.24. The van der Waals surface area contributed by atoms with Crippen molar-refractivity contribution in [2.24, 2.45) is 5.92 Å². The van der Waals surface area contributed by atoms with E-state index in [2.05, 4.69) is 13.0 Å². The second-order valence-corrected chi connectivity index (χ2v) is 3.30. The van der Waals surface area contributed by atoms with Crippen LogP contribution in [0.2, 0.25) is 0 Å². The van der Waals surface area contributed by atoms with E-state index in [0.29, 0.717) is 5.92 Å². The first kappa shape index (κ1) is 10.7. The van der Waals surface area contributed by atoms with Gasteiger partial charge >= 0.3 is 0 Å². The van der Waals surface area contributed by atoms with Crippen LogP contribution in [-0.4, -0.2) is 11.2 Å². The van der Waals surface area contributed by atoms with Crippen LogP contribution in [0.15, 0.2) is 12.2 Å². The summed E-state index contributed by atoms with van der Waals surface area (Å²) in [6.45, 7) is 6.22. The largest absolute Gasteiger partial charge is 0.389 e. The molecule has 0 bridgehead atoms. The smallest absolute Gasteiger partial charge is 0.0743 e. The number of hydrogen-bond donors (Lipinski definition) is 1. The molecule has 0 spiro atoms. The third-order valence-electron chi connectivity index (χ3n) is 1.74. The Morgan fingerprint density at radius 1 is 1.36 bits per heavy atom. The summed E-state index contributed by atoms with van der Waals surface area (Å²) < 4.78 is 0. The highest BCUT2D eigenvalue weighted by molar-refractivity contribution is 4.89. The van der Waals surface area contributed by atoms with Crippen LogP contribution in [0.3, 0.4) is 0 Å². The van der Waals surface area contributed by atoms with E-state index in [1.165, 1.54) is 12.8 Å². The predicted octanol–water partition coefficient (Wildman–Crippen LogP) is 2.75. The van der Waals surface area contributed by atoms with Crippen molar-refractivity contribution >= 4 is 0 Å². The second kappa shape index (κ2) is 6.41. The Morgan fingerprint density at radius 2 is 2.00 bits per heavy atom. The molecule has 0 aromatic carbocycles. The van der Waals surface area contributed by atoms with Gasteiger partial charge in [-0.2, -0.15) is 0 Å². The lowest BCUT2D eigenvalue weighted by Gasteiger charge is -2.08. The monoisotopic (exact) mass is 156 g/mol. The van der Waals surface area contributed by atoms with Crippen molar-refractivity contribution in [2.75, 3.05) is 0 Å². The van der Waals surface area contributed by atoms with Crippen LogP contribution in [0, 0.1) is 5.92 Å². The van der Waals surface area contributed by atoms with Gasteiger partial charge in [-0.3, -0.25) is 0 Å². The highest BCUT2D eigenvalue weighted by Gasteiger charge is 2.02. The van der Waals surface area contributed by atoms with Gasteiger partial charge in [-0.15, -0.1) is 0 Å². The summed E-state index contributed by atoms with van der Waals surface area (Å²) in [5, 5.41) is 9.34. The van der Waals surface area contributed by atoms with E-state index in [4.69, 9.17) is 0 Å². The van der Waals surface area contributed by atoms with Crippen LogP contribution in [0.1, 0.15) is 40.0 Å². The van der Waals surface area contributed by atoms with Crippen LogP contribution in [0.4, 0.5) is 0 Å². The molecule has 0 radical (unpaired) electrons. The molecule has 0 aliphatic rings. The summed E-state index contributed by atoms with van der Waals surface area (Å²) in [4.78, 5) is 0. The third-order valence-corrected chi connectivity index (χ3v) is 1.74. The standard InChI is InChI=1S/C10H20O/c1-4-5-6-7-8-10(11)9(2)3/h7-11H,4-6H2,1-3H3/b8-7-/t10-/m0/s1. The summed E-state index contributed by atoms with van der Waals surface area (Å²) in [5.41, 5.74) is 0. The van der Waals surface area contributed by atoms with Gasteiger partial charge in [0.2, 0.25) is 0 Å². The molecule has 1 atom stereocenters. The fraction of sp³-hybridized carbons (Fsp3) is 0.800. The van der Waals surface area contributed by atoms with Gasteiger partial charge in [0.1, 0.15) is 0 Å². The molecule has 0 saturated carbocycles. The lowest BCUT2D eigenvalue weighted by Crippen LogP contribution is -2.10. The maximum absolute atomic E-state index is 9.34. The first-order valence-electron chi connectivity index (χ1n) is 4.53. The minimum Gasteiger partial charge on any atom is -0.389 e. The molecule has 0 unspecified atom stereocenters. The summed E-state index contributed by atoms with van der Waals surface area (Å²) >= 11 is 0. The van der Waals surface area contributed by atoms with Crippen molar-refractivity contribution in [3.05, 3.63) is 12.2 Å². The molecule has 66 valence electrons. The van der Waals surface area contributed by atoms with Crippen LogP contribution < -0.4 is 0 Å². The Bertz CT molecular complexity index is 105. The molecule has 0 amide bonds.